The van der Waals surface area contributed by atoms with E-state index in [2.05, 4.69) is 4.99 Å². The number of nitrogens with zero attached hydrogens (tertiary/aromatic N) is 1. The minimum absolute atomic E-state index is 0.375. The van der Waals surface area contributed by atoms with Gasteiger partial charge in [0, 0.05) is 0 Å². The highest BCUT2D eigenvalue weighted by atomic mass is 16.1. The highest BCUT2D eigenvalue weighted by Gasteiger charge is 2.33. The number of rotatable bonds is 4. The van der Waals surface area contributed by atoms with Crippen LogP contribution in [0, 0.1) is 0 Å². The highest BCUT2D eigenvalue weighted by Crippen LogP contribution is 2.31. The molecule has 2 N–H and O–H groups in total. The molecule has 2 aromatic rings. The zero-order chi connectivity index (χ0) is 13.7. The van der Waals surface area contributed by atoms with Crippen LogP contribution in [0.5, 0.6) is 0 Å². The molecule has 0 fully saturated rings. The van der Waals surface area contributed by atoms with E-state index in [1.807, 2.05) is 60.7 Å². The molecule has 19 heavy (non-hydrogen) atoms. The van der Waals surface area contributed by atoms with E-state index in [0.717, 1.165) is 17.4 Å². The number of nitrogens with two attached hydrogens (primary N) is 1. The summed E-state index contributed by atoms with van der Waals surface area (Å²) in [6.07, 6.45) is 0.841. The Kier molecular flexibility index (Phi) is 3.76. The Hall–Kier alpha value is -2.42. The fourth-order valence-corrected chi connectivity index (χ4v) is 2.12. The molecule has 0 heterocycles. The van der Waals surface area contributed by atoms with Gasteiger partial charge in [0.05, 0.1) is 5.84 Å². The fourth-order valence-electron chi connectivity index (χ4n) is 2.12. The fraction of sp³-hybridized carbons (Fsp3) is 0.125. The van der Waals surface area contributed by atoms with Gasteiger partial charge in [-0.15, -0.1) is 0 Å². The first-order valence-electron chi connectivity index (χ1n) is 6.08. The maximum atomic E-state index is 11.8. The van der Waals surface area contributed by atoms with E-state index >= 15 is 0 Å². The normalized spacial score (nSPS) is 12.2. The summed E-state index contributed by atoms with van der Waals surface area (Å²) in [5.41, 5.74) is 6.26. The van der Waals surface area contributed by atoms with Crippen LogP contribution in [-0.2, 0) is 10.3 Å². The van der Waals surface area contributed by atoms with E-state index in [-0.39, 0.29) is 0 Å². The van der Waals surface area contributed by atoms with Crippen LogP contribution in [0.1, 0.15) is 18.1 Å². The van der Waals surface area contributed by atoms with E-state index in [1.165, 1.54) is 0 Å². The summed E-state index contributed by atoms with van der Waals surface area (Å²) in [6.45, 7) is 1.68. The van der Waals surface area contributed by atoms with Crippen LogP contribution in [-0.4, -0.2) is 12.1 Å². The zero-order valence-corrected chi connectivity index (χ0v) is 10.8. The van der Waals surface area contributed by atoms with Gasteiger partial charge in [-0.1, -0.05) is 60.7 Å². The van der Waals surface area contributed by atoms with Crippen LogP contribution in [0.25, 0.3) is 0 Å². The minimum atomic E-state index is -1.07. The summed E-state index contributed by atoms with van der Waals surface area (Å²) in [4.78, 5) is 16.2. The van der Waals surface area contributed by atoms with Gasteiger partial charge in [-0.2, -0.15) is 0 Å². The summed E-state index contributed by atoms with van der Waals surface area (Å²) in [6, 6.07) is 18.9. The average Bonchev–Trinajstić information content (AvgIpc) is 2.46. The Morgan fingerprint density at radius 3 is 1.74 bits per heavy atom. The van der Waals surface area contributed by atoms with Crippen LogP contribution in [0.4, 0.5) is 0 Å². The second-order valence-corrected chi connectivity index (χ2v) is 4.37. The first kappa shape index (κ1) is 13.0. The SMILES string of the molecule is CC(N)=NC(C=O)(c1ccccc1)c1ccccc1. The van der Waals surface area contributed by atoms with Gasteiger partial charge in [0.25, 0.3) is 0 Å². The molecule has 2 rings (SSSR count). The summed E-state index contributed by atoms with van der Waals surface area (Å²) < 4.78 is 0. The van der Waals surface area contributed by atoms with Gasteiger partial charge in [0.15, 0.2) is 11.8 Å². The van der Waals surface area contributed by atoms with Crippen molar-refractivity contribution in [3.8, 4) is 0 Å². The van der Waals surface area contributed by atoms with Crippen LogP contribution < -0.4 is 5.73 Å². The molecule has 0 atom stereocenters. The molecule has 3 nitrogen and oxygen atoms in total. The Bertz CT molecular complexity index is 533. The minimum Gasteiger partial charge on any atom is -0.388 e. The summed E-state index contributed by atoms with van der Waals surface area (Å²) in [7, 11) is 0. The lowest BCUT2D eigenvalue weighted by molar-refractivity contribution is -0.111. The molecule has 0 aliphatic rings. The summed E-state index contributed by atoms with van der Waals surface area (Å²) in [5, 5.41) is 0. The van der Waals surface area contributed by atoms with Gasteiger partial charge >= 0.3 is 0 Å². The number of benzene rings is 2. The van der Waals surface area contributed by atoms with Crippen LogP contribution >= 0.6 is 0 Å². The molecule has 0 spiro atoms. The van der Waals surface area contributed by atoms with Crippen molar-refractivity contribution >= 4 is 12.1 Å². The van der Waals surface area contributed by atoms with E-state index in [0.29, 0.717) is 5.84 Å². The lowest BCUT2D eigenvalue weighted by Crippen LogP contribution is -2.30. The van der Waals surface area contributed by atoms with Gasteiger partial charge in [-0.25, -0.2) is 4.99 Å². The van der Waals surface area contributed by atoms with Gasteiger partial charge in [-0.3, -0.25) is 4.79 Å². The first-order valence-corrected chi connectivity index (χ1v) is 6.08. The molecular weight excluding hydrogens is 236 g/mol. The number of carbonyl (C=O) groups excluding carboxylic acids is 1. The molecule has 96 valence electrons. The number of aliphatic imine (C=N–C) groups is 1. The second kappa shape index (κ2) is 5.48. The van der Waals surface area contributed by atoms with E-state index < -0.39 is 5.54 Å². The molecule has 0 aliphatic heterocycles. The Morgan fingerprint density at radius 2 is 1.42 bits per heavy atom. The molecular formula is C16H16N2O. The third-order valence-corrected chi connectivity index (χ3v) is 2.95. The first-order chi connectivity index (χ1) is 9.19. The van der Waals surface area contributed by atoms with E-state index in [4.69, 9.17) is 5.73 Å². The number of hydrogen-bond donors (Lipinski definition) is 1. The largest absolute Gasteiger partial charge is 0.388 e. The monoisotopic (exact) mass is 252 g/mol. The Labute approximate surface area is 112 Å². The molecule has 0 bridgehead atoms. The summed E-state index contributed by atoms with van der Waals surface area (Å²) >= 11 is 0. The molecule has 2 aromatic carbocycles. The number of carbonyl (C=O) groups is 1. The van der Waals surface area contributed by atoms with Crippen molar-refractivity contribution in [1.82, 2.24) is 0 Å². The van der Waals surface area contributed by atoms with Crippen molar-refractivity contribution in [1.29, 1.82) is 0 Å². The molecule has 3 heteroatoms. The summed E-state index contributed by atoms with van der Waals surface area (Å²) in [5.74, 6) is 0.375. The average molecular weight is 252 g/mol. The molecule has 0 aromatic heterocycles. The molecule has 0 saturated carbocycles. The molecule has 0 saturated heterocycles. The Morgan fingerprint density at radius 1 is 1.00 bits per heavy atom. The van der Waals surface area contributed by atoms with Gasteiger partial charge < -0.3 is 5.73 Å². The smallest absolute Gasteiger partial charge is 0.167 e. The second-order valence-electron chi connectivity index (χ2n) is 4.37. The van der Waals surface area contributed by atoms with Gasteiger partial charge in [-0.05, 0) is 18.1 Å². The van der Waals surface area contributed by atoms with Crippen LogP contribution in [0.3, 0.4) is 0 Å². The maximum Gasteiger partial charge on any atom is 0.167 e. The number of aldehydes is 1. The number of hydrogen-bond acceptors (Lipinski definition) is 2. The van der Waals surface area contributed by atoms with Crippen molar-refractivity contribution in [3.63, 3.8) is 0 Å². The predicted molar refractivity (Wildman–Crippen MR) is 77.0 cm³/mol. The molecule has 0 unspecified atom stereocenters. The van der Waals surface area contributed by atoms with Crippen molar-refractivity contribution in [2.24, 2.45) is 10.7 Å². The highest BCUT2D eigenvalue weighted by molar-refractivity contribution is 5.84. The lowest BCUT2D eigenvalue weighted by atomic mass is 9.84. The predicted octanol–water partition coefficient (Wildman–Crippen LogP) is 2.51. The van der Waals surface area contributed by atoms with Crippen molar-refractivity contribution < 1.29 is 4.79 Å². The zero-order valence-electron chi connectivity index (χ0n) is 10.8. The topological polar surface area (TPSA) is 55.4 Å². The maximum absolute atomic E-state index is 11.8. The van der Waals surface area contributed by atoms with Gasteiger partial charge in [0.2, 0.25) is 0 Å². The van der Waals surface area contributed by atoms with Crippen LogP contribution in [0.2, 0.25) is 0 Å². The standard InChI is InChI=1S/C16H16N2O/c1-13(17)18-16(12-19,14-8-4-2-5-9-14)15-10-6-3-7-11-15/h2-12H,1H3,(H2,17,18). The quantitative estimate of drug-likeness (QED) is 0.516. The van der Waals surface area contributed by atoms with Crippen molar-refractivity contribution in [3.05, 3.63) is 71.8 Å². The van der Waals surface area contributed by atoms with E-state index in [9.17, 15) is 4.79 Å². The van der Waals surface area contributed by atoms with Crippen LogP contribution in [0.15, 0.2) is 65.7 Å². The van der Waals surface area contributed by atoms with E-state index in [1.54, 1.807) is 6.92 Å². The Balaban J connectivity index is 2.69. The lowest BCUT2D eigenvalue weighted by Gasteiger charge is -2.25. The molecule has 0 radical (unpaired) electrons. The third kappa shape index (κ3) is 2.55. The van der Waals surface area contributed by atoms with Crippen molar-refractivity contribution in [2.75, 3.05) is 0 Å². The van der Waals surface area contributed by atoms with Crippen molar-refractivity contribution in [2.45, 2.75) is 12.5 Å². The third-order valence-electron chi connectivity index (χ3n) is 2.95. The van der Waals surface area contributed by atoms with Gasteiger partial charge in [0.1, 0.15) is 0 Å². The molecule has 0 amide bonds. The molecule has 0 aliphatic carbocycles. The number of amidine groups is 1.